The topological polar surface area (TPSA) is 112 Å². The van der Waals surface area contributed by atoms with Gasteiger partial charge in [0, 0.05) is 38.3 Å². The fourth-order valence-electron chi connectivity index (χ4n) is 5.01. The van der Waals surface area contributed by atoms with Gasteiger partial charge in [0.1, 0.15) is 18.0 Å². The fourth-order valence-corrected chi connectivity index (χ4v) is 5.01. The van der Waals surface area contributed by atoms with E-state index in [2.05, 4.69) is 21.8 Å². The van der Waals surface area contributed by atoms with Crippen molar-refractivity contribution >= 4 is 18.0 Å². The third kappa shape index (κ3) is 7.39. The number of aryl methyl sites for hydroxylation is 1. The summed E-state index contributed by atoms with van der Waals surface area (Å²) in [4.78, 5) is 41.7. The second-order valence-corrected chi connectivity index (χ2v) is 12.6. The molecule has 11 nitrogen and oxygen atoms in total. The summed E-state index contributed by atoms with van der Waals surface area (Å²) in [5.41, 5.74) is 0.616. The highest BCUT2D eigenvalue weighted by atomic mass is 16.6. The average molecular weight is 535 g/mol. The van der Waals surface area contributed by atoms with Crippen molar-refractivity contribution in [3.63, 3.8) is 0 Å². The lowest BCUT2D eigenvalue weighted by Crippen LogP contribution is -2.59. The molecule has 2 aliphatic heterocycles. The number of hydrogen-bond acceptors (Lipinski definition) is 8. The molecule has 1 N–H and O–H groups in total. The van der Waals surface area contributed by atoms with E-state index < -0.39 is 17.8 Å². The smallest absolute Gasteiger partial charge is 0.410 e. The van der Waals surface area contributed by atoms with Gasteiger partial charge < -0.3 is 34.2 Å². The molecular weight excluding hydrogens is 488 g/mol. The summed E-state index contributed by atoms with van der Waals surface area (Å²) < 4.78 is 11.7. The minimum absolute atomic E-state index is 0.239. The second-order valence-electron chi connectivity index (χ2n) is 12.6. The molecule has 2 unspecified atom stereocenters. The molecule has 38 heavy (non-hydrogen) atoms. The van der Waals surface area contributed by atoms with Crippen molar-refractivity contribution in [1.82, 2.24) is 24.7 Å². The molecule has 2 atom stereocenters. The maximum atomic E-state index is 12.8. The van der Waals surface area contributed by atoms with Crippen LogP contribution in [0.2, 0.25) is 0 Å². The van der Waals surface area contributed by atoms with Crippen LogP contribution >= 0.6 is 0 Å². The highest BCUT2D eigenvalue weighted by Gasteiger charge is 2.39. The van der Waals surface area contributed by atoms with E-state index >= 15 is 0 Å². The molecule has 0 radical (unpaired) electrons. The van der Waals surface area contributed by atoms with Crippen LogP contribution in [-0.4, -0.2) is 107 Å². The molecule has 1 aromatic heterocycles. The van der Waals surface area contributed by atoms with Gasteiger partial charge in [-0.05, 0) is 59.5 Å². The Kier molecular flexibility index (Phi) is 9.00. The van der Waals surface area contributed by atoms with E-state index in [-0.39, 0.29) is 18.0 Å². The molecule has 0 spiro atoms. The van der Waals surface area contributed by atoms with Gasteiger partial charge in [-0.25, -0.2) is 14.6 Å². The molecule has 214 valence electrons. The summed E-state index contributed by atoms with van der Waals surface area (Å²) in [6.45, 7) is 16.6. The Bertz CT molecular complexity index is 1000. The van der Waals surface area contributed by atoms with Gasteiger partial charge in [-0.1, -0.05) is 20.8 Å². The minimum Gasteiger partial charge on any atom is -0.465 e. The number of carbonyl (C=O) groups excluding carboxylic acids is 1. The van der Waals surface area contributed by atoms with Gasteiger partial charge in [0.25, 0.3) is 0 Å². The maximum Gasteiger partial charge on any atom is 0.410 e. The van der Waals surface area contributed by atoms with E-state index in [4.69, 9.17) is 14.5 Å². The Balaban J connectivity index is 1.94. The van der Waals surface area contributed by atoms with Crippen molar-refractivity contribution in [2.75, 3.05) is 51.8 Å². The molecule has 0 bridgehead atoms. The fraction of sp³-hybridized carbons (Fsp3) is 0.778. The standard InChI is InChI=1S/C27H46N6O5/c1-18-20(15-31(9)25(36)38-27(5,6)7)22(29-23(28-18)37-17-19-11-10-12-30(19)8)32-13-14-33(24(34)35)21(16-32)26(2,3)4/h19,21H,10-17H2,1-9H3,(H,34,35). The summed E-state index contributed by atoms with van der Waals surface area (Å²) in [7, 11) is 3.79. The van der Waals surface area contributed by atoms with Crippen LogP contribution in [0.4, 0.5) is 15.4 Å². The molecule has 1 aromatic rings. The average Bonchev–Trinajstić information content (AvgIpc) is 3.21. The molecule has 0 aromatic carbocycles. The number of hydrogen-bond donors (Lipinski definition) is 1. The summed E-state index contributed by atoms with van der Waals surface area (Å²) in [6.07, 6.45) is 0.868. The SMILES string of the molecule is Cc1nc(OCC2CCCN2C)nc(N2CCN(C(=O)O)C(C(C)(C)C)C2)c1CN(C)C(=O)OC(C)(C)C. The number of carboxylic acid groups (broad SMARTS) is 1. The Labute approximate surface area is 227 Å². The number of anilines is 1. The number of carbonyl (C=O) groups is 2. The van der Waals surface area contributed by atoms with Crippen molar-refractivity contribution in [3.05, 3.63) is 11.3 Å². The van der Waals surface area contributed by atoms with Crippen LogP contribution in [-0.2, 0) is 11.3 Å². The lowest BCUT2D eigenvalue weighted by molar-refractivity contribution is 0.0284. The van der Waals surface area contributed by atoms with Gasteiger partial charge in [-0.15, -0.1) is 0 Å². The maximum absolute atomic E-state index is 12.8. The first-order valence-corrected chi connectivity index (χ1v) is 13.5. The highest BCUT2D eigenvalue weighted by molar-refractivity contribution is 5.69. The number of likely N-dealkylation sites (N-methyl/N-ethyl adjacent to an activating group) is 1. The first-order valence-electron chi connectivity index (χ1n) is 13.5. The quantitative estimate of drug-likeness (QED) is 0.582. The van der Waals surface area contributed by atoms with E-state index in [1.165, 1.54) is 9.80 Å². The summed E-state index contributed by atoms with van der Waals surface area (Å²) >= 11 is 0. The third-order valence-electron chi connectivity index (χ3n) is 7.27. The largest absolute Gasteiger partial charge is 0.465 e. The normalized spacial score (nSPS) is 21.0. The number of nitrogens with zero attached hydrogens (tertiary/aromatic N) is 6. The first kappa shape index (κ1) is 29.7. The molecule has 2 amide bonds. The van der Waals surface area contributed by atoms with Crippen molar-refractivity contribution < 1.29 is 24.2 Å². The zero-order chi connectivity index (χ0) is 28.4. The molecule has 0 aliphatic carbocycles. The molecule has 2 saturated heterocycles. The molecule has 2 fully saturated rings. The predicted octanol–water partition coefficient (Wildman–Crippen LogP) is 3.84. The van der Waals surface area contributed by atoms with Gasteiger partial charge in [0.2, 0.25) is 0 Å². The van der Waals surface area contributed by atoms with Crippen LogP contribution in [0.5, 0.6) is 6.01 Å². The number of rotatable bonds is 6. The van der Waals surface area contributed by atoms with Crippen molar-refractivity contribution in [2.45, 2.75) is 85.5 Å². The lowest BCUT2D eigenvalue weighted by Gasteiger charge is -2.46. The molecule has 11 heteroatoms. The Morgan fingerprint density at radius 1 is 1.11 bits per heavy atom. The third-order valence-corrected chi connectivity index (χ3v) is 7.27. The lowest BCUT2D eigenvalue weighted by atomic mass is 9.84. The van der Waals surface area contributed by atoms with Crippen LogP contribution in [0.25, 0.3) is 0 Å². The van der Waals surface area contributed by atoms with Gasteiger partial charge in [0.05, 0.1) is 18.3 Å². The molecule has 0 saturated carbocycles. The van der Waals surface area contributed by atoms with Crippen LogP contribution in [0, 0.1) is 12.3 Å². The van der Waals surface area contributed by atoms with Crippen molar-refractivity contribution in [2.24, 2.45) is 5.41 Å². The van der Waals surface area contributed by atoms with Crippen LogP contribution in [0.3, 0.4) is 0 Å². The molecule has 3 heterocycles. The summed E-state index contributed by atoms with van der Waals surface area (Å²) in [5.74, 6) is 0.668. The Morgan fingerprint density at radius 3 is 2.34 bits per heavy atom. The highest BCUT2D eigenvalue weighted by Crippen LogP contribution is 2.33. The molecule has 3 rings (SSSR count). The van der Waals surface area contributed by atoms with Crippen LogP contribution in [0.1, 0.15) is 65.6 Å². The summed E-state index contributed by atoms with van der Waals surface area (Å²) in [5, 5.41) is 9.84. The van der Waals surface area contributed by atoms with Crippen molar-refractivity contribution in [1.29, 1.82) is 0 Å². The summed E-state index contributed by atoms with van der Waals surface area (Å²) in [6, 6.07) is 0.385. The van der Waals surface area contributed by atoms with E-state index in [9.17, 15) is 14.7 Å². The van der Waals surface area contributed by atoms with Gasteiger partial charge in [0.15, 0.2) is 0 Å². The zero-order valence-corrected chi connectivity index (χ0v) is 24.6. The van der Waals surface area contributed by atoms with E-state index in [0.29, 0.717) is 49.8 Å². The number of likely N-dealkylation sites (tertiary alicyclic amines) is 1. The van der Waals surface area contributed by atoms with E-state index in [1.54, 1.807) is 7.05 Å². The van der Waals surface area contributed by atoms with Gasteiger partial charge in [-0.2, -0.15) is 4.98 Å². The van der Waals surface area contributed by atoms with Crippen molar-refractivity contribution in [3.8, 4) is 6.01 Å². The Hall–Kier alpha value is -2.82. The minimum atomic E-state index is -0.918. The first-order chi connectivity index (χ1) is 17.6. The predicted molar refractivity (Wildman–Crippen MR) is 146 cm³/mol. The number of ether oxygens (including phenoxy) is 2. The Morgan fingerprint density at radius 2 is 1.79 bits per heavy atom. The molecule has 2 aliphatic rings. The van der Waals surface area contributed by atoms with Gasteiger partial charge >= 0.3 is 18.2 Å². The van der Waals surface area contributed by atoms with Gasteiger partial charge in [-0.3, -0.25) is 0 Å². The zero-order valence-electron chi connectivity index (χ0n) is 24.6. The number of piperazine rings is 1. The van der Waals surface area contributed by atoms with Crippen LogP contribution in [0.15, 0.2) is 0 Å². The second kappa shape index (κ2) is 11.5. The monoisotopic (exact) mass is 534 g/mol. The number of aromatic nitrogens is 2. The van der Waals surface area contributed by atoms with Crippen LogP contribution < -0.4 is 9.64 Å². The molecular formula is C27H46N6O5. The number of amides is 2. The van der Waals surface area contributed by atoms with E-state index in [0.717, 1.165) is 24.9 Å². The van der Waals surface area contributed by atoms with E-state index in [1.807, 2.05) is 48.5 Å².